The van der Waals surface area contributed by atoms with Crippen LogP contribution in [0.1, 0.15) is 16.7 Å². The summed E-state index contributed by atoms with van der Waals surface area (Å²) >= 11 is 6.29. The predicted molar refractivity (Wildman–Crippen MR) is 86.3 cm³/mol. The Balaban J connectivity index is 2.16. The standard InChI is InChI=1S/C17H20ClNO2/c1-12-3-5-13(6-4-12)11-21-17-15(18)9-14(7-8-19)10-16(17)20-2/h3-6,9-10H,7-8,11,19H2,1-2H3. The molecule has 0 bridgehead atoms. The molecular formula is C17H20ClNO2. The van der Waals surface area contributed by atoms with Gasteiger partial charge in [0, 0.05) is 0 Å². The van der Waals surface area contributed by atoms with Crippen LogP contribution < -0.4 is 15.2 Å². The lowest BCUT2D eigenvalue weighted by Gasteiger charge is -2.14. The molecule has 2 aromatic rings. The van der Waals surface area contributed by atoms with Gasteiger partial charge in [-0.25, -0.2) is 0 Å². The normalized spacial score (nSPS) is 10.5. The summed E-state index contributed by atoms with van der Waals surface area (Å²) in [5.41, 5.74) is 8.93. The van der Waals surface area contributed by atoms with Gasteiger partial charge in [0.05, 0.1) is 12.1 Å². The van der Waals surface area contributed by atoms with Crippen LogP contribution in [0.15, 0.2) is 36.4 Å². The van der Waals surface area contributed by atoms with E-state index in [9.17, 15) is 0 Å². The number of ether oxygens (including phenoxy) is 2. The van der Waals surface area contributed by atoms with Gasteiger partial charge in [-0.05, 0) is 43.1 Å². The smallest absolute Gasteiger partial charge is 0.180 e. The fraction of sp³-hybridized carbons (Fsp3) is 0.294. The maximum atomic E-state index is 6.29. The summed E-state index contributed by atoms with van der Waals surface area (Å²) in [6.07, 6.45) is 0.758. The maximum absolute atomic E-state index is 6.29. The van der Waals surface area contributed by atoms with Crippen molar-refractivity contribution in [2.24, 2.45) is 5.73 Å². The number of benzene rings is 2. The fourth-order valence-electron chi connectivity index (χ4n) is 2.06. The van der Waals surface area contributed by atoms with Crippen molar-refractivity contribution < 1.29 is 9.47 Å². The molecule has 4 heteroatoms. The Morgan fingerprint density at radius 2 is 1.81 bits per heavy atom. The highest BCUT2D eigenvalue weighted by Gasteiger charge is 2.12. The van der Waals surface area contributed by atoms with Crippen molar-refractivity contribution in [3.8, 4) is 11.5 Å². The summed E-state index contributed by atoms with van der Waals surface area (Å²) in [5.74, 6) is 1.21. The molecule has 0 saturated heterocycles. The minimum Gasteiger partial charge on any atom is -0.493 e. The Morgan fingerprint density at radius 1 is 1.10 bits per heavy atom. The van der Waals surface area contributed by atoms with Gasteiger partial charge in [-0.15, -0.1) is 0 Å². The van der Waals surface area contributed by atoms with Gasteiger partial charge in [-0.3, -0.25) is 0 Å². The van der Waals surface area contributed by atoms with Crippen molar-refractivity contribution in [2.45, 2.75) is 20.0 Å². The van der Waals surface area contributed by atoms with Crippen molar-refractivity contribution in [3.63, 3.8) is 0 Å². The van der Waals surface area contributed by atoms with Crippen LogP contribution in [-0.4, -0.2) is 13.7 Å². The van der Waals surface area contributed by atoms with E-state index in [1.165, 1.54) is 5.56 Å². The Kier molecular flexibility index (Phi) is 5.48. The summed E-state index contributed by atoms with van der Waals surface area (Å²) < 4.78 is 11.2. The average Bonchev–Trinajstić information content (AvgIpc) is 2.47. The molecule has 0 spiro atoms. The molecule has 2 rings (SSSR count). The average molecular weight is 306 g/mol. The van der Waals surface area contributed by atoms with Gasteiger partial charge < -0.3 is 15.2 Å². The van der Waals surface area contributed by atoms with Crippen molar-refractivity contribution in [2.75, 3.05) is 13.7 Å². The Hall–Kier alpha value is -1.71. The number of rotatable bonds is 6. The second kappa shape index (κ2) is 7.34. The van der Waals surface area contributed by atoms with Crippen molar-refractivity contribution in [3.05, 3.63) is 58.1 Å². The van der Waals surface area contributed by atoms with E-state index in [2.05, 4.69) is 19.1 Å². The molecule has 0 aromatic heterocycles. The molecule has 2 N–H and O–H groups in total. The quantitative estimate of drug-likeness (QED) is 0.884. The van der Waals surface area contributed by atoms with E-state index < -0.39 is 0 Å². The summed E-state index contributed by atoms with van der Waals surface area (Å²) in [7, 11) is 1.61. The minimum atomic E-state index is 0.451. The van der Waals surface area contributed by atoms with Crippen LogP contribution in [0.2, 0.25) is 5.02 Å². The lowest BCUT2D eigenvalue weighted by atomic mass is 10.1. The molecule has 0 heterocycles. The first-order valence-electron chi connectivity index (χ1n) is 6.89. The highest BCUT2D eigenvalue weighted by Crippen LogP contribution is 2.37. The van der Waals surface area contributed by atoms with E-state index in [0.29, 0.717) is 29.7 Å². The summed E-state index contributed by atoms with van der Waals surface area (Å²) in [6, 6.07) is 12.0. The Bertz CT molecular complexity index is 596. The second-order valence-electron chi connectivity index (χ2n) is 4.92. The molecule has 0 aliphatic heterocycles. The molecule has 0 atom stereocenters. The first-order chi connectivity index (χ1) is 10.1. The molecule has 2 aromatic carbocycles. The third kappa shape index (κ3) is 4.13. The van der Waals surface area contributed by atoms with Crippen LogP contribution in [0.4, 0.5) is 0 Å². The summed E-state index contributed by atoms with van der Waals surface area (Å²) in [4.78, 5) is 0. The van der Waals surface area contributed by atoms with Crippen LogP contribution in [0, 0.1) is 6.92 Å². The topological polar surface area (TPSA) is 44.5 Å². The van der Waals surface area contributed by atoms with Crippen molar-refractivity contribution in [1.29, 1.82) is 0 Å². The zero-order chi connectivity index (χ0) is 15.2. The first-order valence-corrected chi connectivity index (χ1v) is 7.26. The van der Waals surface area contributed by atoms with Crippen LogP contribution in [-0.2, 0) is 13.0 Å². The van der Waals surface area contributed by atoms with E-state index in [1.54, 1.807) is 7.11 Å². The van der Waals surface area contributed by atoms with Gasteiger partial charge in [0.15, 0.2) is 11.5 Å². The van der Waals surface area contributed by atoms with E-state index >= 15 is 0 Å². The van der Waals surface area contributed by atoms with Gasteiger partial charge in [0.1, 0.15) is 6.61 Å². The SMILES string of the molecule is COc1cc(CCN)cc(Cl)c1OCc1ccc(C)cc1. The molecule has 0 aliphatic carbocycles. The number of methoxy groups -OCH3 is 1. The van der Waals surface area contributed by atoms with E-state index in [-0.39, 0.29) is 0 Å². The Labute approximate surface area is 130 Å². The Morgan fingerprint density at radius 3 is 2.43 bits per heavy atom. The summed E-state index contributed by atoms with van der Waals surface area (Å²) in [5, 5.41) is 0.546. The van der Waals surface area contributed by atoms with E-state index in [4.69, 9.17) is 26.8 Å². The fourth-order valence-corrected chi connectivity index (χ4v) is 2.35. The van der Waals surface area contributed by atoms with Gasteiger partial charge >= 0.3 is 0 Å². The van der Waals surface area contributed by atoms with Gasteiger partial charge in [0.2, 0.25) is 0 Å². The van der Waals surface area contributed by atoms with Gasteiger partial charge in [-0.2, -0.15) is 0 Å². The maximum Gasteiger partial charge on any atom is 0.180 e. The predicted octanol–water partition coefficient (Wildman–Crippen LogP) is 3.74. The third-order valence-electron chi connectivity index (χ3n) is 3.23. The monoisotopic (exact) mass is 305 g/mol. The number of aryl methyl sites for hydroxylation is 1. The summed E-state index contributed by atoms with van der Waals surface area (Å²) in [6.45, 7) is 3.08. The number of hydrogen-bond donors (Lipinski definition) is 1. The number of nitrogens with two attached hydrogens (primary N) is 1. The largest absolute Gasteiger partial charge is 0.493 e. The van der Waals surface area contributed by atoms with Crippen LogP contribution in [0.5, 0.6) is 11.5 Å². The van der Waals surface area contributed by atoms with Gasteiger partial charge in [0.25, 0.3) is 0 Å². The lowest BCUT2D eigenvalue weighted by Crippen LogP contribution is -2.04. The van der Waals surface area contributed by atoms with Crippen LogP contribution in [0.3, 0.4) is 0 Å². The molecule has 3 nitrogen and oxygen atoms in total. The van der Waals surface area contributed by atoms with E-state index in [1.807, 2.05) is 24.3 Å². The van der Waals surface area contributed by atoms with Gasteiger partial charge in [-0.1, -0.05) is 41.4 Å². The molecule has 21 heavy (non-hydrogen) atoms. The molecule has 0 fully saturated rings. The zero-order valence-electron chi connectivity index (χ0n) is 12.4. The highest BCUT2D eigenvalue weighted by atomic mass is 35.5. The minimum absolute atomic E-state index is 0.451. The van der Waals surface area contributed by atoms with E-state index in [0.717, 1.165) is 17.5 Å². The molecular weight excluding hydrogens is 286 g/mol. The number of hydrogen-bond acceptors (Lipinski definition) is 3. The second-order valence-corrected chi connectivity index (χ2v) is 5.33. The number of halogens is 1. The molecule has 0 aliphatic rings. The molecule has 0 radical (unpaired) electrons. The molecule has 0 unspecified atom stereocenters. The highest BCUT2D eigenvalue weighted by molar-refractivity contribution is 6.32. The molecule has 0 amide bonds. The van der Waals surface area contributed by atoms with Crippen molar-refractivity contribution >= 4 is 11.6 Å². The lowest BCUT2D eigenvalue weighted by molar-refractivity contribution is 0.284. The molecule has 0 saturated carbocycles. The molecule has 112 valence electrons. The first kappa shape index (κ1) is 15.7. The van der Waals surface area contributed by atoms with Crippen LogP contribution >= 0.6 is 11.6 Å². The van der Waals surface area contributed by atoms with Crippen LogP contribution in [0.25, 0.3) is 0 Å². The zero-order valence-corrected chi connectivity index (χ0v) is 13.1. The van der Waals surface area contributed by atoms with Crippen molar-refractivity contribution in [1.82, 2.24) is 0 Å². The third-order valence-corrected chi connectivity index (χ3v) is 3.51.